The molecule has 3 N–H and O–H groups in total. The lowest BCUT2D eigenvalue weighted by Crippen LogP contribution is -2.54. The van der Waals surface area contributed by atoms with E-state index < -0.39 is 18.3 Å². The van der Waals surface area contributed by atoms with E-state index in [1.807, 2.05) is 0 Å². The van der Waals surface area contributed by atoms with Crippen molar-refractivity contribution in [2.45, 2.75) is 50.4 Å². The van der Waals surface area contributed by atoms with Crippen LogP contribution in [0.2, 0.25) is 0 Å². The molecule has 4 nitrogen and oxygen atoms in total. The first-order valence-electron chi connectivity index (χ1n) is 8.68. The first-order chi connectivity index (χ1) is 11.8. The SMILES string of the molecule is Cl.NC1CC2CCCC(C1)C2NC(=O)COc1ccccc1C(F)(F)F. The third-order valence-corrected chi connectivity index (χ3v) is 5.26. The third kappa shape index (κ3) is 4.82. The van der Waals surface area contributed by atoms with Crippen LogP contribution in [0.25, 0.3) is 0 Å². The van der Waals surface area contributed by atoms with Crippen LogP contribution in [0.1, 0.15) is 37.7 Å². The maximum Gasteiger partial charge on any atom is 0.419 e. The van der Waals surface area contributed by atoms with E-state index in [9.17, 15) is 18.0 Å². The first kappa shape index (κ1) is 20.8. The number of benzene rings is 1. The smallest absolute Gasteiger partial charge is 0.419 e. The summed E-state index contributed by atoms with van der Waals surface area (Å²) in [5.74, 6) is 0.00758. The molecule has 2 unspecified atom stereocenters. The van der Waals surface area contributed by atoms with Gasteiger partial charge in [-0.1, -0.05) is 18.6 Å². The van der Waals surface area contributed by atoms with Crippen LogP contribution in [-0.2, 0) is 11.0 Å². The van der Waals surface area contributed by atoms with E-state index in [0.717, 1.165) is 38.2 Å². The lowest BCUT2D eigenvalue weighted by molar-refractivity contribution is -0.139. The summed E-state index contributed by atoms with van der Waals surface area (Å²) in [5, 5.41) is 2.97. The van der Waals surface area contributed by atoms with Gasteiger partial charge in [0.1, 0.15) is 5.75 Å². The van der Waals surface area contributed by atoms with Gasteiger partial charge in [-0.2, -0.15) is 13.2 Å². The van der Waals surface area contributed by atoms with Crippen LogP contribution in [0.5, 0.6) is 5.75 Å². The van der Waals surface area contributed by atoms with E-state index in [1.54, 1.807) is 0 Å². The number of amides is 1. The van der Waals surface area contributed by atoms with Crippen LogP contribution < -0.4 is 15.8 Å². The van der Waals surface area contributed by atoms with Crippen LogP contribution >= 0.6 is 12.4 Å². The summed E-state index contributed by atoms with van der Waals surface area (Å²) in [6, 6.07) is 5.16. The Bertz CT molecular complexity index is 613. The molecule has 2 aliphatic rings. The van der Waals surface area contributed by atoms with E-state index in [-0.39, 0.29) is 36.1 Å². The molecule has 2 aliphatic carbocycles. The minimum atomic E-state index is -4.51. The highest BCUT2D eigenvalue weighted by Gasteiger charge is 2.40. The molecule has 2 atom stereocenters. The Morgan fingerprint density at radius 2 is 1.81 bits per heavy atom. The molecule has 2 saturated carbocycles. The fourth-order valence-electron chi connectivity index (χ4n) is 4.22. The summed E-state index contributed by atoms with van der Waals surface area (Å²) in [7, 11) is 0. The number of nitrogens with one attached hydrogen (secondary N) is 1. The summed E-state index contributed by atoms with van der Waals surface area (Å²) in [6.45, 7) is -0.422. The molecule has 2 fully saturated rings. The Labute approximate surface area is 157 Å². The van der Waals surface area contributed by atoms with E-state index in [4.69, 9.17) is 10.5 Å². The summed E-state index contributed by atoms with van der Waals surface area (Å²) in [6.07, 6.45) is 0.478. The Hall–Kier alpha value is -1.47. The van der Waals surface area contributed by atoms with Crippen LogP contribution in [0.4, 0.5) is 13.2 Å². The van der Waals surface area contributed by atoms with Crippen LogP contribution in [0.15, 0.2) is 24.3 Å². The molecule has 0 radical (unpaired) electrons. The zero-order chi connectivity index (χ0) is 18.0. The zero-order valence-electron chi connectivity index (χ0n) is 14.3. The molecule has 3 rings (SSSR count). The number of ether oxygens (including phenoxy) is 1. The van der Waals surface area contributed by atoms with Crippen molar-refractivity contribution in [3.8, 4) is 5.75 Å². The second kappa shape index (κ2) is 8.48. The fraction of sp³-hybridized carbons (Fsp3) is 0.611. The average Bonchev–Trinajstić information content (AvgIpc) is 2.53. The van der Waals surface area contributed by atoms with Gasteiger partial charge in [-0.15, -0.1) is 12.4 Å². The number of rotatable bonds is 4. The number of alkyl halides is 3. The highest BCUT2D eigenvalue weighted by Crippen LogP contribution is 2.40. The van der Waals surface area contributed by atoms with Crippen LogP contribution in [0.3, 0.4) is 0 Å². The van der Waals surface area contributed by atoms with Gasteiger partial charge in [0.25, 0.3) is 5.91 Å². The van der Waals surface area contributed by atoms with Gasteiger partial charge >= 0.3 is 6.18 Å². The van der Waals surface area contributed by atoms with E-state index in [0.29, 0.717) is 11.8 Å². The number of nitrogens with two attached hydrogens (primary N) is 1. The lowest BCUT2D eigenvalue weighted by atomic mass is 9.67. The number of carbonyl (C=O) groups excluding carboxylic acids is 1. The topological polar surface area (TPSA) is 64.3 Å². The molecule has 1 aromatic carbocycles. The van der Waals surface area contributed by atoms with Crippen LogP contribution in [0, 0.1) is 11.8 Å². The molecule has 1 amide bonds. The average molecular weight is 393 g/mol. The van der Waals surface area contributed by atoms with Crippen molar-refractivity contribution in [1.29, 1.82) is 0 Å². The molecular weight excluding hydrogens is 369 g/mol. The number of para-hydroxylation sites is 1. The van der Waals surface area contributed by atoms with Gasteiger partial charge in [-0.25, -0.2) is 0 Å². The summed E-state index contributed by atoms with van der Waals surface area (Å²) >= 11 is 0. The van der Waals surface area contributed by atoms with Gasteiger partial charge in [0.2, 0.25) is 0 Å². The molecule has 2 bridgehead atoms. The minimum absolute atomic E-state index is 0. The van der Waals surface area contributed by atoms with Crippen LogP contribution in [-0.4, -0.2) is 24.6 Å². The van der Waals surface area contributed by atoms with Crippen molar-refractivity contribution in [3.63, 3.8) is 0 Å². The van der Waals surface area contributed by atoms with Crippen molar-refractivity contribution in [2.75, 3.05) is 6.61 Å². The monoisotopic (exact) mass is 392 g/mol. The Morgan fingerprint density at radius 1 is 1.19 bits per heavy atom. The summed E-state index contributed by atoms with van der Waals surface area (Å²) < 4.78 is 44.0. The Kier molecular flexibility index (Phi) is 6.80. The normalized spacial score (nSPS) is 28.0. The van der Waals surface area contributed by atoms with Crippen molar-refractivity contribution >= 4 is 18.3 Å². The quantitative estimate of drug-likeness (QED) is 0.823. The standard InChI is InChI=1S/C18H23F3N2O2.ClH/c19-18(20,21)14-6-1-2-7-15(14)25-10-16(24)23-17-11-4-3-5-12(17)9-13(22)8-11;/h1-2,6-7,11-13,17H,3-5,8-10,22H2,(H,23,24);1H. The highest BCUT2D eigenvalue weighted by atomic mass is 35.5. The predicted molar refractivity (Wildman–Crippen MR) is 94.2 cm³/mol. The lowest BCUT2D eigenvalue weighted by Gasteiger charge is -2.45. The molecule has 0 aliphatic heterocycles. The van der Waals surface area contributed by atoms with Gasteiger partial charge in [-0.05, 0) is 49.7 Å². The maximum absolute atomic E-state index is 12.9. The molecule has 0 aromatic heterocycles. The second-order valence-electron chi connectivity index (χ2n) is 7.06. The third-order valence-electron chi connectivity index (χ3n) is 5.26. The molecule has 8 heteroatoms. The van der Waals surface area contributed by atoms with Gasteiger partial charge in [-0.3, -0.25) is 4.79 Å². The molecule has 0 heterocycles. The molecule has 146 valence electrons. The Morgan fingerprint density at radius 3 is 2.42 bits per heavy atom. The number of carbonyl (C=O) groups is 1. The molecule has 0 saturated heterocycles. The number of hydrogen-bond acceptors (Lipinski definition) is 3. The van der Waals surface area contributed by atoms with Gasteiger partial charge in [0, 0.05) is 12.1 Å². The van der Waals surface area contributed by atoms with Crippen molar-refractivity contribution in [2.24, 2.45) is 17.6 Å². The van der Waals surface area contributed by atoms with E-state index in [2.05, 4.69) is 5.32 Å². The van der Waals surface area contributed by atoms with E-state index in [1.165, 1.54) is 18.2 Å². The van der Waals surface area contributed by atoms with Gasteiger partial charge < -0.3 is 15.8 Å². The largest absolute Gasteiger partial charge is 0.483 e. The van der Waals surface area contributed by atoms with Crippen molar-refractivity contribution < 1.29 is 22.7 Å². The number of hydrogen-bond donors (Lipinski definition) is 2. The molecular formula is C18H24ClF3N2O2. The zero-order valence-corrected chi connectivity index (χ0v) is 15.1. The van der Waals surface area contributed by atoms with Crippen molar-refractivity contribution in [1.82, 2.24) is 5.32 Å². The predicted octanol–water partition coefficient (Wildman–Crippen LogP) is 3.53. The van der Waals surface area contributed by atoms with Gasteiger partial charge in [0.05, 0.1) is 5.56 Å². The van der Waals surface area contributed by atoms with E-state index >= 15 is 0 Å². The van der Waals surface area contributed by atoms with Crippen molar-refractivity contribution in [3.05, 3.63) is 29.8 Å². The number of fused-ring (bicyclic) bond motifs is 2. The second-order valence-corrected chi connectivity index (χ2v) is 7.06. The maximum atomic E-state index is 12.9. The van der Waals surface area contributed by atoms with Gasteiger partial charge in [0.15, 0.2) is 6.61 Å². The summed E-state index contributed by atoms with van der Waals surface area (Å²) in [4.78, 5) is 12.2. The Balaban J connectivity index is 0.00000243. The molecule has 0 spiro atoms. The highest BCUT2D eigenvalue weighted by molar-refractivity contribution is 5.85. The summed E-state index contributed by atoms with van der Waals surface area (Å²) in [5.41, 5.74) is 5.19. The minimum Gasteiger partial charge on any atom is -0.483 e. The molecule has 26 heavy (non-hydrogen) atoms. The fourth-order valence-corrected chi connectivity index (χ4v) is 4.22. The number of halogens is 4. The first-order valence-corrected chi connectivity index (χ1v) is 8.68. The molecule has 1 aromatic rings.